The molecule has 0 radical (unpaired) electrons. The molecule has 28 heavy (non-hydrogen) atoms. The molecule has 0 saturated heterocycles. The Morgan fingerprint density at radius 2 is 1.86 bits per heavy atom. The highest BCUT2D eigenvalue weighted by atomic mass is 16.5. The molecule has 1 aromatic heterocycles. The van der Waals surface area contributed by atoms with E-state index in [9.17, 15) is 4.79 Å². The molecule has 140 valence electrons. The topological polar surface area (TPSA) is 67.0 Å². The fourth-order valence-corrected chi connectivity index (χ4v) is 3.00. The number of H-pyrrole nitrogens is 1. The van der Waals surface area contributed by atoms with E-state index < -0.39 is 0 Å². The van der Waals surface area contributed by atoms with E-state index in [2.05, 4.69) is 22.2 Å². The summed E-state index contributed by atoms with van der Waals surface area (Å²) in [6.45, 7) is 2.05. The van der Waals surface area contributed by atoms with Crippen LogP contribution in [-0.4, -0.2) is 22.5 Å². The molecule has 1 heterocycles. The molecular weight excluding hydrogens is 350 g/mol. The van der Waals surface area contributed by atoms with Crippen LogP contribution in [0.4, 0.5) is 5.69 Å². The predicted molar refractivity (Wildman–Crippen MR) is 111 cm³/mol. The highest BCUT2D eigenvalue weighted by Crippen LogP contribution is 2.22. The minimum Gasteiger partial charge on any atom is -0.484 e. The van der Waals surface area contributed by atoms with Crippen molar-refractivity contribution < 1.29 is 9.53 Å². The lowest BCUT2D eigenvalue weighted by Crippen LogP contribution is -2.20. The maximum atomic E-state index is 12.2. The third-order valence-corrected chi connectivity index (χ3v) is 4.51. The monoisotopic (exact) mass is 371 g/mol. The lowest BCUT2D eigenvalue weighted by atomic mass is 10.2. The molecule has 0 atom stereocenters. The van der Waals surface area contributed by atoms with Crippen molar-refractivity contribution in [1.82, 2.24) is 9.97 Å². The molecule has 5 heteroatoms. The molecule has 0 aliphatic heterocycles. The van der Waals surface area contributed by atoms with Crippen LogP contribution in [0, 0.1) is 0 Å². The van der Waals surface area contributed by atoms with E-state index in [1.54, 1.807) is 0 Å². The third kappa shape index (κ3) is 4.04. The van der Waals surface area contributed by atoms with Gasteiger partial charge >= 0.3 is 0 Å². The van der Waals surface area contributed by atoms with Gasteiger partial charge in [0.1, 0.15) is 11.6 Å². The number of hydrogen-bond acceptors (Lipinski definition) is 3. The van der Waals surface area contributed by atoms with E-state index in [1.807, 2.05) is 72.8 Å². The van der Waals surface area contributed by atoms with Gasteiger partial charge in [0.05, 0.1) is 11.0 Å². The van der Waals surface area contributed by atoms with Gasteiger partial charge in [0.15, 0.2) is 6.61 Å². The Morgan fingerprint density at radius 3 is 2.64 bits per heavy atom. The Labute approximate surface area is 163 Å². The van der Waals surface area contributed by atoms with Gasteiger partial charge in [-0.05, 0) is 60.5 Å². The van der Waals surface area contributed by atoms with Gasteiger partial charge in [-0.2, -0.15) is 0 Å². The maximum absolute atomic E-state index is 12.2. The van der Waals surface area contributed by atoms with Crippen molar-refractivity contribution in [3.05, 3.63) is 78.4 Å². The number of aromatic nitrogens is 2. The van der Waals surface area contributed by atoms with E-state index in [1.165, 1.54) is 5.56 Å². The number of rotatable bonds is 6. The van der Waals surface area contributed by atoms with Crippen molar-refractivity contribution in [2.24, 2.45) is 0 Å². The summed E-state index contributed by atoms with van der Waals surface area (Å²) < 4.78 is 5.58. The molecule has 4 rings (SSSR count). The van der Waals surface area contributed by atoms with Gasteiger partial charge < -0.3 is 15.0 Å². The number of carbonyl (C=O) groups is 1. The normalized spacial score (nSPS) is 10.8. The molecule has 0 saturated carbocycles. The zero-order valence-corrected chi connectivity index (χ0v) is 15.6. The first-order valence-electron chi connectivity index (χ1n) is 9.28. The molecule has 1 amide bonds. The molecule has 0 fully saturated rings. The second kappa shape index (κ2) is 7.96. The number of aromatic amines is 1. The van der Waals surface area contributed by atoms with E-state index in [0.29, 0.717) is 5.75 Å². The quantitative estimate of drug-likeness (QED) is 0.511. The van der Waals surface area contributed by atoms with Crippen molar-refractivity contribution in [1.29, 1.82) is 0 Å². The summed E-state index contributed by atoms with van der Waals surface area (Å²) >= 11 is 0. The van der Waals surface area contributed by atoms with Gasteiger partial charge in [-0.25, -0.2) is 4.98 Å². The number of nitrogens with one attached hydrogen (secondary N) is 2. The Balaban J connectivity index is 1.37. The number of para-hydroxylation sites is 2. The number of nitrogens with zero attached hydrogens (tertiary/aromatic N) is 1. The third-order valence-electron chi connectivity index (χ3n) is 4.51. The Kier molecular flexibility index (Phi) is 5.06. The summed E-state index contributed by atoms with van der Waals surface area (Å²) in [5.74, 6) is 1.31. The largest absolute Gasteiger partial charge is 0.484 e. The van der Waals surface area contributed by atoms with Gasteiger partial charge in [0, 0.05) is 11.3 Å². The van der Waals surface area contributed by atoms with Crippen LogP contribution < -0.4 is 10.1 Å². The molecule has 3 aromatic carbocycles. The number of carbonyl (C=O) groups excluding carboxylic acids is 1. The van der Waals surface area contributed by atoms with Crippen LogP contribution in [0.15, 0.2) is 72.8 Å². The number of aryl methyl sites for hydroxylation is 1. The first-order valence-corrected chi connectivity index (χ1v) is 9.28. The second-order valence-corrected chi connectivity index (χ2v) is 6.52. The van der Waals surface area contributed by atoms with Gasteiger partial charge in [0.2, 0.25) is 0 Å². The molecule has 0 spiro atoms. The van der Waals surface area contributed by atoms with E-state index in [-0.39, 0.29) is 12.5 Å². The fourth-order valence-electron chi connectivity index (χ4n) is 3.00. The van der Waals surface area contributed by atoms with Gasteiger partial charge in [0.25, 0.3) is 5.91 Å². The second-order valence-electron chi connectivity index (χ2n) is 6.52. The number of fused-ring (bicyclic) bond motifs is 1. The molecule has 5 nitrogen and oxygen atoms in total. The highest BCUT2D eigenvalue weighted by molar-refractivity contribution is 5.92. The minimum atomic E-state index is -0.196. The Morgan fingerprint density at radius 1 is 1.04 bits per heavy atom. The number of ether oxygens (including phenoxy) is 1. The summed E-state index contributed by atoms with van der Waals surface area (Å²) in [5.41, 5.74) is 4.79. The molecule has 4 aromatic rings. The summed E-state index contributed by atoms with van der Waals surface area (Å²) in [6.07, 6.45) is 0.932. The van der Waals surface area contributed by atoms with Crippen molar-refractivity contribution in [3.63, 3.8) is 0 Å². The smallest absolute Gasteiger partial charge is 0.262 e. The van der Waals surface area contributed by atoms with Crippen molar-refractivity contribution in [2.75, 3.05) is 11.9 Å². The first kappa shape index (κ1) is 17.8. The molecular formula is C23H21N3O2. The number of hydrogen-bond donors (Lipinski definition) is 2. The zero-order chi connectivity index (χ0) is 19.3. The summed E-state index contributed by atoms with van der Waals surface area (Å²) in [6, 6.07) is 23.3. The number of imidazole rings is 1. The van der Waals surface area contributed by atoms with Crippen LogP contribution >= 0.6 is 0 Å². The van der Waals surface area contributed by atoms with Crippen molar-refractivity contribution in [2.45, 2.75) is 13.3 Å². The average molecular weight is 371 g/mol. The maximum Gasteiger partial charge on any atom is 0.262 e. The summed E-state index contributed by atoms with van der Waals surface area (Å²) in [4.78, 5) is 20.0. The summed E-state index contributed by atoms with van der Waals surface area (Å²) in [5, 5.41) is 2.85. The molecule has 0 aliphatic rings. The van der Waals surface area contributed by atoms with E-state index in [0.717, 1.165) is 34.5 Å². The zero-order valence-electron chi connectivity index (χ0n) is 15.6. The average Bonchev–Trinajstić information content (AvgIpc) is 3.17. The predicted octanol–water partition coefficient (Wildman–Crippen LogP) is 4.81. The summed E-state index contributed by atoms with van der Waals surface area (Å²) in [7, 11) is 0. The lowest BCUT2D eigenvalue weighted by Gasteiger charge is -2.09. The van der Waals surface area contributed by atoms with Crippen molar-refractivity contribution >= 4 is 22.6 Å². The fraction of sp³-hybridized carbons (Fsp3) is 0.130. The van der Waals surface area contributed by atoms with Gasteiger partial charge in [-0.15, -0.1) is 0 Å². The van der Waals surface area contributed by atoms with Gasteiger partial charge in [-0.3, -0.25) is 4.79 Å². The van der Waals surface area contributed by atoms with E-state index in [4.69, 9.17) is 4.74 Å². The Hall–Kier alpha value is -3.60. The molecule has 2 N–H and O–H groups in total. The van der Waals surface area contributed by atoms with Crippen LogP contribution in [0.3, 0.4) is 0 Å². The number of benzene rings is 3. The minimum absolute atomic E-state index is 0.0293. The van der Waals surface area contributed by atoms with E-state index >= 15 is 0 Å². The first-order chi connectivity index (χ1) is 13.7. The standard InChI is InChI=1S/C23H21N3O2/c1-2-16-6-5-7-19(14-16)28-15-22(27)24-18-12-10-17(11-13-18)23-25-20-8-3-4-9-21(20)26-23/h3-14H,2,15H2,1H3,(H,24,27)(H,25,26). The van der Waals surface area contributed by atoms with Crippen LogP contribution in [0.5, 0.6) is 5.75 Å². The van der Waals surface area contributed by atoms with Crippen LogP contribution in [0.25, 0.3) is 22.4 Å². The van der Waals surface area contributed by atoms with Crippen LogP contribution in [0.2, 0.25) is 0 Å². The van der Waals surface area contributed by atoms with Crippen LogP contribution in [-0.2, 0) is 11.2 Å². The molecule has 0 aliphatic carbocycles. The number of anilines is 1. The molecule has 0 unspecified atom stereocenters. The SMILES string of the molecule is CCc1cccc(OCC(=O)Nc2ccc(-c3nc4ccccc4[nH]3)cc2)c1. The number of amides is 1. The van der Waals surface area contributed by atoms with Gasteiger partial charge in [-0.1, -0.05) is 31.2 Å². The highest BCUT2D eigenvalue weighted by Gasteiger charge is 2.07. The Bertz CT molecular complexity index is 1070. The van der Waals surface area contributed by atoms with Crippen LogP contribution in [0.1, 0.15) is 12.5 Å². The molecule has 0 bridgehead atoms. The lowest BCUT2D eigenvalue weighted by molar-refractivity contribution is -0.118. The van der Waals surface area contributed by atoms with Crippen molar-refractivity contribution in [3.8, 4) is 17.1 Å².